The summed E-state index contributed by atoms with van der Waals surface area (Å²) in [4.78, 5) is 30.1. The fraction of sp³-hybridized carbons (Fsp3) is 0.407. The maximum absolute atomic E-state index is 13.2. The van der Waals surface area contributed by atoms with Crippen molar-refractivity contribution in [2.45, 2.75) is 25.8 Å². The van der Waals surface area contributed by atoms with Crippen LogP contribution in [0.15, 0.2) is 54.1 Å². The first-order valence-electron chi connectivity index (χ1n) is 12.1. The molecule has 2 aromatic carbocycles. The Bertz CT molecular complexity index is 1080. The molecule has 35 heavy (non-hydrogen) atoms. The van der Waals surface area contributed by atoms with E-state index in [1.54, 1.807) is 47.4 Å². The minimum atomic E-state index is -0.714. The maximum Gasteiger partial charge on any atom is 0.295 e. The van der Waals surface area contributed by atoms with Crippen LogP contribution in [0.4, 0.5) is 0 Å². The van der Waals surface area contributed by atoms with Crippen molar-refractivity contribution in [1.82, 2.24) is 9.80 Å². The van der Waals surface area contributed by atoms with Gasteiger partial charge in [0, 0.05) is 36.8 Å². The molecule has 0 unspecified atom stereocenters. The largest absolute Gasteiger partial charge is 0.507 e. The molecule has 1 N–H and O–H groups in total. The van der Waals surface area contributed by atoms with E-state index >= 15 is 0 Å². The number of carbonyl (C=O) groups excluding carboxylic acids is 2. The number of morpholine rings is 1. The van der Waals surface area contributed by atoms with Crippen LogP contribution in [0.5, 0.6) is 5.75 Å². The smallest absolute Gasteiger partial charge is 0.295 e. The number of ketones is 1. The first kappa shape index (κ1) is 25.2. The van der Waals surface area contributed by atoms with Crippen molar-refractivity contribution in [3.8, 4) is 5.75 Å². The Hall–Kier alpha value is -2.87. The van der Waals surface area contributed by atoms with Gasteiger partial charge in [-0.15, -0.1) is 0 Å². The van der Waals surface area contributed by atoms with Gasteiger partial charge < -0.3 is 19.5 Å². The summed E-state index contributed by atoms with van der Waals surface area (Å²) in [5.41, 5.74) is 1.21. The van der Waals surface area contributed by atoms with Crippen molar-refractivity contribution in [2.75, 3.05) is 46.0 Å². The molecule has 0 saturated carbocycles. The highest BCUT2D eigenvalue weighted by atomic mass is 35.5. The average Bonchev–Trinajstić information content (AvgIpc) is 3.13. The van der Waals surface area contributed by atoms with Crippen LogP contribution in [0.3, 0.4) is 0 Å². The minimum absolute atomic E-state index is 0.0749. The SMILES string of the molecule is CCCOc1ccc(/C(O)=C2\C(=O)C(=O)N(CCCN3CCOCC3)[C@H]2c2cccc(Cl)c2)cc1. The predicted molar refractivity (Wildman–Crippen MR) is 135 cm³/mol. The van der Waals surface area contributed by atoms with Crippen LogP contribution in [-0.2, 0) is 14.3 Å². The van der Waals surface area contributed by atoms with Crippen molar-refractivity contribution >= 4 is 29.1 Å². The Morgan fingerprint density at radius 1 is 1.11 bits per heavy atom. The molecule has 0 bridgehead atoms. The molecule has 4 rings (SSSR count). The van der Waals surface area contributed by atoms with Crippen LogP contribution in [0.1, 0.15) is 36.9 Å². The van der Waals surface area contributed by atoms with E-state index in [1.807, 2.05) is 13.0 Å². The van der Waals surface area contributed by atoms with E-state index in [4.69, 9.17) is 21.1 Å². The summed E-state index contributed by atoms with van der Waals surface area (Å²) in [6.45, 7) is 6.92. The maximum atomic E-state index is 13.2. The van der Waals surface area contributed by atoms with Crippen LogP contribution < -0.4 is 4.74 Å². The lowest BCUT2D eigenvalue weighted by Crippen LogP contribution is -2.38. The van der Waals surface area contributed by atoms with Gasteiger partial charge in [-0.1, -0.05) is 30.7 Å². The van der Waals surface area contributed by atoms with E-state index in [0.29, 0.717) is 54.7 Å². The molecule has 2 heterocycles. The van der Waals surface area contributed by atoms with Gasteiger partial charge in [-0.3, -0.25) is 14.5 Å². The zero-order valence-electron chi connectivity index (χ0n) is 19.9. The summed E-state index contributed by atoms with van der Waals surface area (Å²) >= 11 is 6.25. The minimum Gasteiger partial charge on any atom is -0.507 e. The number of aliphatic hydroxyl groups is 1. The lowest BCUT2D eigenvalue weighted by atomic mass is 9.95. The van der Waals surface area contributed by atoms with Crippen molar-refractivity contribution in [3.63, 3.8) is 0 Å². The lowest BCUT2D eigenvalue weighted by molar-refractivity contribution is -0.140. The molecule has 186 valence electrons. The standard InChI is InChI=1S/C27H31ClN2O5/c1-2-15-35-22-9-7-19(8-10-22)25(31)23-24(20-5-3-6-21(28)18-20)30(27(33)26(23)32)12-4-11-29-13-16-34-17-14-29/h3,5-10,18,24,31H,2,4,11-17H2,1H3/b25-23+/t24-/m0/s1. The van der Waals surface area contributed by atoms with E-state index in [9.17, 15) is 14.7 Å². The van der Waals surface area contributed by atoms with Gasteiger partial charge >= 0.3 is 0 Å². The number of halogens is 1. The van der Waals surface area contributed by atoms with Crippen LogP contribution in [0, 0.1) is 0 Å². The van der Waals surface area contributed by atoms with Gasteiger partial charge in [0.25, 0.3) is 11.7 Å². The molecule has 0 aromatic heterocycles. The number of ether oxygens (including phenoxy) is 2. The van der Waals surface area contributed by atoms with Gasteiger partial charge in [0.2, 0.25) is 0 Å². The summed E-state index contributed by atoms with van der Waals surface area (Å²) in [6.07, 6.45) is 1.59. The zero-order valence-corrected chi connectivity index (χ0v) is 20.7. The van der Waals surface area contributed by atoms with Crippen LogP contribution in [0.2, 0.25) is 5.02 Å². The third kappa shape index (κ3) is 5.86. The Labute approximate surface area is 210 Å². The van der Waals surface area contributed by atoms with E-state index in [1.165, 1.54) is 0 Å². The fourth-order valence-electron chi connectivity index (χ4n) is 4.51. The van der Waals surface area contributed by atoms with E-state index in [2.05, 4.69) is 4.90 Å². The highest BCUT2D eigenvalue weighted by Crippen LogP contribution is 2.40. The molecule has 2 fully saturated rings. The highest BCUT2D eigenvalue weighted by Gasteiger charge is 2.45. The first-order valence-corrected chi connectivity index (χ1v) is 12.4. The van der Waals surface area contributed by atoms with Gasteiger partial charge in [-0.2, -0.15) is 0 Å². The number of nitrogens with zero attached hydrogens (tertiary/aromatic N) is 2. The van der Waals surface area contributed by atoms with Gasteiger partial charge in [0.1, 0.15) is 11.5 Å². The van der Waals surface area contributed by atoms with Crippen molar-refractivity contribution < 1.29 is 24.2 Å². The van der Waals surface area contributed by atoms with Gasteiger partial charge in [0.05, 0.1) is 31.4 Å². The Kier molecular flexibility index (Phi) is 8.44. The fourth-order valence-corrected chi connectivity index (χ4v) is 4.71. The molecule has 0 aliphatic carbocycles. The normalized spacial score (nSPS) is 20.4. The monoisotopic (exact) mass is 498 g/mol. The second-order valence-corrected chi connectivity index (χ2v) is 9.16. The number of benzene rings is 2. The summed E-state index contributed by atoms with van der Waals surface area (Å²) in [5.74, 6) is -0.823. The van der Waals surface area contributed by atoms with E-state index in [0.717, 1.165) is 26.1 Å². The molecular formula is C27H31ClN2O5. The van der Waals surface area contributed by atoms with Crippen molar-refractivity contribution in [1.29, 1.82) is 0 Å². The highest BCUT2D eigenvalue weighted by molar-refractivity contribution is 6.46. The summed E-state index contributed by atoms with van der Waals surface area (Å²) in [7, 11) is 0. The second kappa shape index (κ2) is 11.7. The molecule has 0 radical (unpaired) electrons. The third-order valence-electron chi connectivity index (χ3n) is 6.28. The number of amides is 1. The summed E-state index contributed by atoms with van der Waals surface area (Å²) in [6, 6.07) is 13.3. The number of hydrogen-bond donors (Lipinski definition) is 1. The molecule has 1 amide bonds. The first-order chi connectivity index (χ1) is 17.0. The molecule has 8 heteroatoms. The Morgan fingerprint density at radius 2 is 1.86 bits per heavy atom. The molecule has 1 atom stereocenters. The van der Waals surface area contributed by atoms with E-state index in [-0.39, 0.29) is 11.3 Å². The van der Waals surface area contributed by atoms with Crippen LogP contribution >= 0.6 is 11.6 Å². The van der Waals surface area contributed by atoms with Crippen LogP contribution in [0.25, 0.3) is 5.76 Å². The van der Waals surface area contributed by atoms with Gasteiger partial charge in [0.15, 0.2) is 0 Å². The number of carbonyl (C=O) groups is 2. The van der Waals surface area contributed by atoms with Crippen molar-refractivity contribution in [2.24, 2.45) is 0 Å². The Morgan fingerprint density at radius 3 is 2.54 bits per heavy atom. The second-order valence-electron chi connectivity index (χ2n) is 8.73. The lowest BCUT2D eigenvalue weighted by Gasteiger charge is -2.29. The molecule has 2 aromatic rings. The summed E-state index contributed by atoms with van der Waals surface area (Å²) < 4.78 is 11.0. The third-order valence-corrected chi connectivity index (χ3v) is 6.52. The molecule has 2 aliphatic heterocycles. The molecule has 2 saturated heterocycles. The van der Waals surface area contributed by atoms with Crippen molar-refractivity contribution in [3.05, 3.63) is 70.3 Å². The van der Waals surface area contributed by atoms with E-state index < -0.39 is 17.7 Å². The Balaban J connectivity index is 1.63. The molecule has 2 aliphatic rings. The summed E-state index contributed by atoms with van der Waals surface area (Å²) in [5, 5.41) is 11.7. The average molecular weight is 499 g/mol. The topological polar surface area (TPSA) is 79.3 Å². The van der Waals surface area contributed by atoms with Crippen LogP contribution in [-0.4, -0.2) is 72.6 Å². The number of rotatable bonds is 9. The molecular weight excluding hydrogens is 468 g/mol. The van der Waals surface area contributed by atoms with Gasteiger partial charge in [-0.05, 0) is 54.8 Å². The molecule has 0 spiro atoms. The number of aliphatic hydroxyl groups excluding tert-OH is 1. The quantitative estimate of drug-likeness (QED) is 0.316. The number of likely N-dealkylation sites (tertiary alicyclic amines) is 1. The van der Waals surface area contributed by atoms with Gasteiger partial charge in [-0.25, -0.2) is 0 Å². The zero-order chi connectivity index (χ0) is 24.8. The molecule has 7 nitrogen and oxygen atoms in total. The predicted octanol–water partition coefficient (Wildman–Crippen LogP) is 4.27. The number of hydrogen-bond acceptors (Lipinski definition) is 6. The number of Topliss-reactive ketones (excluding diaryl/α,β-unsaturated/α-hetero) is 1.